The highest BCUT2D eigenvalue weighted by Crippen LogP contribution is 2.14. The van der Waals surface area contributed by atoms with E-state index in [9.17, 15) is 4.79 Å². The summed E-state index contributed by atoms with van der Waals surface area (Å²) in [4.78, 5) is 13.1. The van der Waals surface area contributed by atoms with Crippen LogP contribution in [-0.2, 0) is 4.79 Å². The Kier molecular flexibility index (Phi) is 3.09. The van der Waals surface area contributed by atoms with Crippen molar-refractivity contribution in [2.45, 2.75) is 38.8 Å². The molecule has 0 aromatic rings. The first-order valence-corrected chi connectivity index (χ1v) is 4.57. The van der Waals surface area contributed by atoms with Crippen molar-refractivity contribution in [3.63, 3.8) is 0 Å². The van der Waals surface area contributed by atoms with E-state index in [-0.39, 0.29) is 5.91 Å². The number of nitrogens with zero attached hydrogens (tertiary/aromatic N) is 1. The van der Waals surface area contributed by atoms with Gasteiger partial charge in [0, 0.05) is 25.6 Å². The molecule has 12 heavy (non-hydrogen) atoms. The van der Waals surface area contributed by atoms with Crippen molar-refractivity contribution < 1.29 is 4.79 Å². The number of piperidine rings is 1. The molecule has 1 fully saturated rings. The molecule has 1 aliphatic rings. The van der Waals surface area contributed by atoms with Gasteiger partial charge in [0.05, 0.1) is 0 Å². The molecule has 0 spiro atoms. The van der Waals surface area contributed by atoms with E-state index in [1.807, 2.05) is 0 Å². The van der Waals surface area contributed by atoms with E-state index in [0.29, 0.717) is 12.1 Å². The maximum atomic E-state index is 10.8. The number of hydrogen-bond donors (Lipinski definition) is 1. The molecule has 0 saturated carbocycles. The zero-order valence-corrected chi connectivity index (χ0v) is 8.13. The number of nitrogens with one attached hydrogen (secondary N) is 1. The van der Waals surface area contributed by atoms with Crippen LogP contribution in [0.15, 0.2) is 0 Å². The van der Waals surface area contributed by atoms with E-state index >= 15 is 0 Å². The summed E-state index contributed by atoms with van der Waals surface area (Å²) in [5, 5.41) is 2.95. The zero-order valence-electron chi connectivity index (χ0n) is 8.13. The van der Waals surface area contributed by atoms with Crippen LogP contribution in [0.3, 0.4) is 0 Å². The fraction of sp³-hybridized carbons (Fsp3) is 0.889. The minimum atomic E-state index is 0.0861. The first-order valence-electron chi connectivity index (χ1n) is 4.57. The lowest BCUT2D eigenvalue weighted by Crippen LogP contribution is -2.48. The van der Waals surface area contributed by atoms with Gasteiger partial charge in [0.15, 0.2) is 0 Å². The van der Waals surface area contributed by atoms with Gasteiger partial charge in [0.2, 0.25) is 5.91 Å². The average Bonchev–Trinajstić information content (AvgIpc) is 1.96. The van der Waals surface area contributed by atoms with Crippen molar-refractivity contribution in [1.29, 1.82) is 0 Å². The van der Waals surface area contributed by atoms with E-state index in [1.54, 1.807) is 6.92 Å². The average molecular weight is 170 g/mol. The number of likely N-dealkylation sites (N-methyl/N-ethyl adjacent to an activating group) is 1. The largest absolute Gasteiger partial charge is 0.352 e. The smallest absolute Gasteiger partial charge is 0.217 e. The van der Waals surface area contributed by atoms with Crippen molar-refractivity contribution in [3.05, 3.63) is 0 Å². The Bertz CT molecular complexity index is 170. The van der Waals surface area contributed by atoms with Gasteiger partial charge in [-0.05, 0) is 26.8 Å². The molecule has 1 saturated heterocycles. The van der Waals surface area contributed by atoms with Crippen LogP contribution in [0.25, 0.3) is 0 Å². The molecule has 1 amide bonds. The van der Waals surface area contributed by atoms with Gasteiger partial charge in [-0.1, -0.05) is 0 Å². The lowest BCUT2D eigenvalue weighted by atomic mass is 10.0. The number of carbonyl (C=O) groups excluding carboxylic acids is 1. The monoisotopic (exact) mass is 170 g/mol. The van der Waals surface area contributed by atoms with Gasteiger partial charge in [0.25, 0.3) is 0 Å². The fourth-order valence-corrected chi connectivity index (χ4v) is 1.69. The van der Waals surface area contributed by atoms with Gasteiger partial charge in [-0.15, -0.1) is 0 Å². The third kappa shape index (κ3) is 2.48. The molecule has 2 atom stereocenters. The van der Waals surface area contributed by atoms with Crippen LogP contribution in [0.1, 0.15) is 26.7 Å². The first kappa shape index (κ1) is 9.52. The number of hydrogen-bond acceptors (Lipinski definition) is 2. The van der Waals surface area contributed by atoms with Gasteiger partial charge in [-0.3, -0.25) is 4.79 Å². The molecule has 0 aromatic heterocycles. The van der Waals surface area contributed by atoms with Crippen molar-refractivity contribution in [3.8, 4) is 0 Å². The summed E-state index contributed by atoms with van der Waals surface area (Å²) in [6.07, 6.45) is 2.30. The van der Waals surface area contributed by atoms with Gasteiger partial charge >= 0.3 is 0 Å². The van der Waals surface area contributed by atoms with Crippen molar-refractivity contribution in [2.24, 2.45) is 0 Å². The third-order valence-corrected chi connectivity index (χ3v) is 2.60. The quantitative estimate of drug-likeness (QED) is 0.625. The first-order chi connectivity index (χ1) is 5.59. The van der Waals surface area contributed by atoms with Crippen LogP contribution in [0.4, 0.5) is 0 Å². The fourth-order valence-electron chi connectivity index (χ4n) is 1.69. The highest BCUT2D eigenvalue weighted by Gasteiger charge is 2.22. The molecule has 70 valence electrons. The van der Waals surface area contributed by atoms with Crippen molar-refractivity contribution >= 4 is 5.91 Å². The molecular weight excluding hydrogens is 152 g/mol. The van der Waals surface area contributed by atoms with E-state index in [0.717, 1.165) is 13.0 Å². The normalized spacial score (nSPS) is 31.6. The van der Waals surface area contributed by atoms with E-state index in [1.165, 1.54) is 6.42 Å². The molecular formula is C9H18N2O. The molecule has 0 aliphatic carbocycles. The summed E-state index contributed by atoms with van der Waals surface area (Å²) in [6.45, 7) is 4.79. The summed E-state index contributed by atoms with van der Waals surface area (Å²) < 4.78 is 0. The minimum Gasteiger partial charge on any atom is -0.352 e. The molecule has 0 radical (unpaired) electrons. The second-order valence-corrected chi connectivity index (χ2v) is 3.76. The van der Waals surface area contributed by atoms with Gasteiger partial charge in [-0.2, -0.15) is 0 Å². The van der Waals surface area contributed by atoms with Crippen LogP contribution in [0.2, 0.25) is 0 Å². The number of rotatable bonds is 1. The van der Waals surface area contributed by atoms with Crippen LogP contribution >= 0.6 is 0 Å². The van der Waals surface area contributed by atoms with Gasteiger partial charge in [-0.25, -0.2) is 0 Å². The Morgan fingerprint density at radius 3 is 2.67 bits per heavy atom. The molecule has 0 aromatic carbocycles. The Labute approximate surface area is 74.1 Å². The summed E-state index contributed by atoms with van der Waals surface area (Å²) in [6, 6.07) is 1.03. The lowest BCUT2D eigenvalue weighted by molar-refractivity contribution is -0.120. The van der Waals surface area contributed by atoms with Crippen molar-refractivity contribution in [2.75, 3.05) is 13.6 Å². The van der Waals surface area contributed by atoms with Gasteiger partial charge < -0.3 is 10.2 Å². The zero-order chi connectivity index (χ0) is 9.14. The number of carbonyl (C=O) groups is 1. The highest BCUT2D eigenvalue weighted by molar-refractivity contribution is 5.73. The van der Waals surface area contributed by atoms with E-state index in [2.05, 4.69) is 24.2 Å². The second kappa shape index (κ2) is 3.90. The third-order valence-electron chi connectivity index (χ3n) is 2.60. The number of likely N-dealkylation sites (tertiary alicyclic amines) is 1. The Morgan fingerprint density at radius 1 is 1.50 bits per heavy atom. The molecule has 2 unspecified atom stereocenters. The Hall–Kier alpha value is -0.570. The molecule has 1 heterocycles. The molecule has 3 nitrogen and oxygen atoms in total. The highest BCUT2D eigenvalue weighted by atomic mass is 16.1. The van der Waals surface area contributed by atoms with Crippen LogP contribution in [0.5, 0.6) is 0 Å². The predicted octanol–water partition coefficient (Wildman–Crippen LogP) is 0.605. The molecule has 1 aliphatic heterocycles. The molecule has 3 heteroatoms. The number of amides is 1. The van der Waals surface area contributed by atoms with Crippen LogP contribution in [0, 0.1) is 0 Å². The summed E-state index contributed by atoms with van der Waals surface area (Å²) in [5.74, 6) is 0.0861. The summed E-state index contributed by atoms with van der Waals surface area (Å²) in [5.41, 5.74) is 0. The molecule has 0 bridgehead atoms. The molecule has 1 N–H and O–H groups in total. The van der Waals surface area contributed by atoms with E-state index in [4.69, 9.17) is 0 Å². The van der Waals surface area contributed by atoms with Crippen molar-refractivity contribution in [1.82, 2.24) is 10.2 Å². The standard InChI is InChI=1S/C9H18N2O/c1-7-4-5-9(6-11(7)3)10-8(2)12/h7,9H,4-6H2,1-3H3,(H,10,12). The second-order valence-electron chi connectivity index (χ2n) is 3.76. The lowest BCUT2D eigenvalue weighted by Gasteiger charge is -2.35. The maximum absolute atomic E-state index is 10.8. The minimum absolute atomic E-state index is 0.0861. The van der Waals surface area contributed by atoms with Gasteiger partial charge in [0.1, 0.15) is 0 Å². The summed E-state index contributed by atoms with van der Waals surface area (Å²) in [7, 11) is 2.11. The summed E-state index contributed by atoms with van der Waals surface area (Å²) >= 11 is 0. The Morgan fingerprint density at radius 2 is 2.17 bits per heavy atom. The van der Waals surface area contributed by atoms with Crippen LogP contribution in [-0.4, -0.2) is 36.5 Å². The SMILES string of the molecule is CC(=O)NC1CCC(C)N(C)C1. The van der Waals surface area contributed by atoms with E-state index < -0.39 is 0 Å². The topological polar surface area (TPSA) is 32.3 Å². The molecule has 1 rings (SSSR count). The predicted molar refractivity (Wildman–Crippen MR) is 48.9 cm³/mol. The Balaban J connectivity index is 2.35. The maximum Gasteiger partial charge on any atom is 0.217 e. The van der Waals surface area contributed by atoms with Crippen LogP contribution < -0.4 is 5.32 Å².